The van der Waals surface area contributed by atoms with E-state index in [2.05, 4.69) is 10.5 Å². The highest BCUT2D eigenvalue weighted by Crippen LogP contribution is 2.29. The Morgan fingerprint density at radius 3 is 2.33 bits per heavy atom. The molecule has 0 aromatic heterocycles. The zero-order valence-corrected chi connectivity index (χ0v) is 15.3. The highest BCUT2D eigenvalue weighted by Gasteiger charge is 2.29. The first-order chi connectivity index (χ1) is 12.8. The topological polar surface area (TPSA) is 36.9 Å². The van der Waals surface area contributed by atoms with Crippen molar-refractivity contribution in [2.45, 2.75) is 25.2 Å². The van der Waals surface area contributed by atoms with E-state index in [0.29, 0.717) is 19.5 Å². The van der Waals surface area contributed by atoms with Crippen LogP contribution in [-0.2, 0) is 17.6 Å². The molecular formula is C20H22F3N3O. The zero-order chi connectivity index (χ0) is 19.4. The first-order valence-corrected chi connectivity index (χ1v) is 8.70. The second-order valence-corrected chi connectivity index (χ2v) is 6.74. The summed E-state index contributed by atoms with van der Waals surface area (Å²) < 4.78 is 37.7. The van der Waals surface area contributed by atoms with Gasteiger partial charge < -0.3 is 15.1 Å². The summed E-state index contributed by atoms with van der Waals surface area (Å²) in [5, 5.41) is 7.38. The fourth-order valence-electron chi connectivity index (χ4n) is 2.85. The summed E-state index contributed by atoms with van der Waals surface area (Å²) >= 11 is 0. The molecule has 0 amide bonds. The van der Waals surface area contributed by atoms with E-state index in [0.717, 1.165) is 34.7 Å². The molecule has 1 aliphatic rings. The Labute approximate surface area is 156 Å². The van der Waals surface area contributed by atoms with E-state index >= 15 is 0 Å². The van der Waals surface area contributed by atoms with Crippen molar-refractivity contribution < 1.29 is 18.0 Å². The van der Waals surface area contributed by atoms with Crippen LogP contribution in [0.25, 0.3) is 0 Å². The van der Waals surface area contributed by atoms with Gasteiger partial charge in [0.2, 0.25) is 0 Å². The van der Waals surface area contributed by atoms with Gasteiger partial charge in [0.15, 0.2) is 0 Å². The molecule has 1 aliphatic heterocycles. The number of benzene rings is 2. The molecule has 3 rings (SSSR count). The van der Waals surface area contributed by atoms with Crippen LogP contribution in [0.5, 0.6) is 0 Å². The molecule has 7 heteroatoms. The first kappa shape index (κ1) is 19.2. The minimum absolute atomic E-state index is 0.0806. The van der Waals surface area contributed by atoms with Crippen LogP contribution in [0.4, 0.5) is 18.9 Å². The average Bonchev–Trinajstić information content (AvgIpc) is 3.10. The Bertz CT molecular complexity index is 784. The van der Waals surface area contributed by atoms with Crippen molar-refractivity contribution >= 4 is 11.4 Å². The minimum atomic E-state index is -4.30. The van der Waals surface area contributed by atoms with Crippen molar-refractivity contribution in [3.8, 4) is 0 Å². The monoisotopic (exact) mass is 377 g/mol. The van der Waals surface area contributed by atoms with Gasteiger partial charge in [-0.2, -0.15) is 13.2 Å². The van der Waals surface area contributed by atoms with Crippen molar-refractivity contribution in [2.24, 2.45) is 5.16 Å². The molecular weight excluding hydrogens is 355 g/mol. The summed E-state index contributed by atoms with van der Waals surface area (Å²) in [7, 11) is 3.98. The van der Waals surface area contributed by atoms with Crippen molar-refractivity contribution in [1.82, 2.24) is 5.32 Å². The summed E-state index contributed by atoms with van der Waals surface area (Å²) in [6, 6.07) is 13.3. The number of alkyl halides is 3. The molecule has 0 spiro atoms. The molecule has 0 fully saturated rings. The maximum Gasteiger partial charge on any atom is 0.416 e. The van der Waals surface area contributed by atoms with Crippen LogP contribution in [0.1, 0.15) is 23.1 Å². The van der Waals surface area contributed by atoms with Crippen LogP contribution < -0.4 is 10.2 Å². The van der Waals surface area contributed by atoms with Crippen molar-refractivity contribution in [1.29, 1.82) is 0 Å². The first-order valence-electron chi connectivity index (χ1n) is 8.70. The summed E-state index contributed by atoms with van der Waals surface area (Å²) in [4.78, 5) is 7.50. The maximum absolute atomic E-state index is 12.6. The van der Waals surface area contributed by atoms with Gasteiger partial charge in [-0.1, -0.05) is 29.4 Å². The van der Waals surface area contributed by atoms with E-state index in [4.69, 9.17) is 4.84 Å². The number of nitrogens with zero attached hydrogens (tertiary/aromatic N) is 2. The lowest BCUT2D eigenvalue weighted by atomic mass is 10.0. The lowest BCUT2D eigenvalue weighted by Gasteiger charge is -2.12. The normalized spacial score (nSPS) is 16.8. The van der Waals surface area contributed by atoms with Crippen LogP contribution in [0, 0.1) is 0 Å². The van der Waals surface area contributed by atoms with Gasteiger partial charge in [-0.25, -0.2) is 0 Å². The molecule has 0 bridgehead atoms. The number of hydrogen-bond acceptors (Lipinski definition) is 4. The number of rotatable bonds is 6. The number of halogens is 3. The number of hydrogen-bond donors (Lipinski definition) is 1. The Morgan fingerprint density at radius 2 is 1.74 bits per heavy atom. The molecule has 1 heterocycles. The molecule has 0 saturated heterocycles. The molecule has 27 heavy (non-hydrogen) atoms. The predicted octanol–water partition coefficient (Wildman–Crippen LogP) is 4.05. The minimum Gasteiger partial charge on any atom is -0.390 e. The molecule has 0 unspecified atom stereocenters. The van der Waals surface area contributed by atoms with Crippen LogP contribution in [0.15, 0.2) is 53.7 Å². The van der Waals surface area contributed by atoms with E-state index in [9.17, 15) is 13.2 Å². The van der Waals surface area contributed by atoms with Crippen LogP contribution in [0.2, 0.25) is 0 Å². The van der Waals surface area contributed by atoms with E-state index < -0.39 is 11.7 Å². The average molecular weight is 377 g/mol. The van der Waals surface area contributed by atoms with Gasteiger partial charge in [0.05, 0.1) is 11.3 Å². The molecule has 1 atom stereocenters. The Kier molecular flexibility index (Phi) is 5.70. The van der Waals surface area contributed by atoms with Crippen LogP contribution in [0.3, 0.4) is 0 Å². The smallest absolute Gasteiger partial charge is 0.390 e. The lowest BCUT2D eigenvalue weighted by Crippen LogP contribution is -2.26. The lowest BCUT2D eigenvalue weighted by molar-refractivity contribution is -0.137. The van der Waals surface area contributed by atoms with Crippen LogP contribution >= 0.6 is 0 Å². The third kappa shape index (κ3) is 5.01. The van der Waals surface area contributed by atoms with Crippen molar-refractivity contribution in [3.05, 3.63) is 65.2 Å². The third-order valence-corrected chi connectivity index (χ3v) is 4.43. The highest BCUT2D eigenvalue weighted by atomic mass is 19.4. The SMILES string of the molecule is CN(C)c1ccc(C2=NO[C@H](CNCc3ccc(C(F)(F)F)cc3)C2)cc1. The molecule has 0 radical (unpaired) electrons. The van der Waals surface area contributed by atoms with Gasteiger partial charge in [0, 0.05) is 39.3 Å². The van der Waals surface area contributed by atoms with Gasteiger partial charge in [0.25, 0.3) is 0 Å². The second kappa shape index (κ2) is 8.00. The molecule has 0 saturated carbocycles. The molecule has 0 aliphatic carbocycles. The van der Waals surface area contributed by atoms with Crippen molar-refractivity contribution in [3.63, 3.8) is 0 Å². The van der Waals surface area contributed by atoms with Crippen molar-refractivity contribution in [2.75, 3.05) is 25.5 Å². The zero-order valence-electron chi connectivity index (χ0n) is 15.3. The van der Waals surface area contributed by atoms with Gasteiger partial charge in [-0.15, -0.1) is 0 Å². The number of oxime groups is 1. The second-order valence-electron chi connectivity index (χ2n) is 6.74. The summed E-state index contributed by atoms with van der Waals surface area (Å²) in [5.74, 6) is 0. The van der Waals surface area contributed by atoms with E-state index in [-0.39, 0.29) is 6.10 Å². The molecule has 144 valence electrons. The fourth-order valence-corrected chi connectivity index (χ4v) is 2.85. The summed E-state index contributed by atoms with van der Waals surface area (Å²) in [5.41, 5.74) is 3.21. The standard InChI is InChI=1S/C20H22F3N3O/c1-26(2)17-9-5-15(6-10-17)19-11-18(27-25-19)13-24-12-14-3-7-16(8-4-14)20(21,22)23/h3-10,18,24H,11-13H2,1-2H3/t18-/m0/s1. The predicted molar refractivity (Wildman–Crippen MR) is 99.9 cm³/mol. The molecule has 2 aromatic carbocycles. The quantitative estimate of drug-likeness (QED) is 0.825. The number of nitrogens with one attached hydrogen (secondary N) is 1. The Balaban J connectivity index is 1.46. The Hall–Kier alpha value is -2.54. The third-order valence-electron chi connectivity index (χ3n) is 4.43. The van der Waals surface area contributed by atoms with Gasteiger partial charge in [0.1, 0.15) is 6.10 Å². The summed E-state index contributed by atoms with van der Waals surface area (Å²) in [6.45, 7) is 1.05. The Morgan fingerprint density at radius 1 is 1.07 bits per heavy atom. The molecule has 4 nitrogen and oxygen atoms in total. The highest BCUT2D eigenvalue weighted by molar-refractivity contribution is 6.01. The van der Waals surface area contributed by atoms with Gasteiger partial charge in [-0.05, 0) is 35.4 Å². The molecule has 1 N–H and O–H groups in total. The summed E-state index contributed by atoms with van der Waals surface area (Å²) in [6.07, 6.45) is -3.69. The van der Waals surface area contributed by atoms with E-state index in [1.807, 2.05) is 43.3 Å². The van der Waals surface area contributed by atoms with Gasteiger partial charge in [-0.3, -0.25) is 0 Å². The van der Waals surface area contributed by atoms with E-state index in [1.165, 1.54) is 12.1 Å². The maximum atomic E-state index is 12.6. The van der Waals surface area contributed by atoms with Crippen LogP contribution in [-0.4, -0.2) is 32.5 Å². The van der Waals surface area contributed by atoms with E-state index in [1.54, 1.807) is 0 Å². The van der Waals surface area contributed by atoms with Gasteiger partial charge >= 0.3 is 6.18 Å². The largest absolute Gasteiger partial charge is 0.416 e. The molecule has 2 aromatic rings. The number of anilines is 1. The fraction of sp³-hybridized carbons (Fsp3) is 0.350.